The van der Waals surface area contributed by atoms with E-state index in [0.29, 0.717) is 0 Å². The SMILES string of the molecule is CC/C=C1\C=C(/C)CNCCCN(Cc2cccc(C(c3ccc(Br)cc3)c3cccc(CN4CCCNCc5cccc(c5)CNCCC4)c3)c2)CCCNC1. The number of allylic oxidation sites excluding steroid dienone is 1. The van der Waals surface area contributed by atoms with Crippen LogP contribution >= 0.6 is 15.9 Å². The first-order valence-corrected chi connectivity index (χ1v) is 22.5. The molecule has 0 aliphatic carbocycles. The molecule has 6 nitrogen and oxygen atoms in total. The van der Waals surface area contributed by atoms with Crippen molar-refractivity contribution >= 4 is 15.9 Å². The van der Waals surface area contributed by atoms with Gasteiger partial charge in [0, 0.05) is 49.7 Å². The Balaban J connectivity index is 1.16. The van der Waals surface area contributed by atoms with Crippen LogP contribution in [0.2, 0.25) is 0 Å². The lowest BCUT2D eigenvalue weighted by Gasteiger charge is -2.26. The minimum absolute atomic E-state index is 0.150. The van der Waals surface area contributed by atoms with Gasteiger partial charge < -0.3 is 21.3 Å². The van der Waals surface area contributed by atoms with Crippen LogP contribution in [0.15, 0.2) is 125 Å². The molecule has 0 radical (unpaired) electrons. The van der Waals surface area contributed by atoms with E-state index in [1.807, 2.05) is 0 Å². The van der Waals surface area contributed by atoms with Crippen LogP contribution in [0.1, 0.15) is 90.8 Å². The number of halogens is 1. The topological polar surface area (TPSA) is 54.6 Å². The molecular weight excluding hydrogens is 764 g/mol. The van der Waals surface area contributed by atoms with Crippen LogP contribution in [0.25, 0.3) is 0 Å². The molecule has 57 heavy (non-hydrogen) atoms. The number of hydrogen-bond acceptors (Lipinski definition) is 6. The summed E-state index contributed by atoms with van der Waals surface area (Å²) in [6, 6.07) is 36.8. The van der Waals surface area contributed by atoms with E-state index in [9.17, 15) is 0 Å². The third-order valence-electron chi connectivity index (χ3n) is 11.2. The second-order valence-corrected chi connectivity index (χ2v) is 17.1. The molecular formula is C50H67BrN6. The summed E-state index contributed by atoms with van der Waals surface area (Å²) in [5, 5.41) is 14.8. The van der Waals surface area contributed by atoms with Gasteiger partial charge in [0.05, 0.1) is 0 Å². The average molecular weight is 832 g/mol. The van der Waals surface area contributed by atoms with Gasteiger partial charge in [-0.1, -0.05) is 126 Å². The largest absolute Gasteiger partial charge is 0.313 e. The van der Waals surface area contributed by atoms with E-state index >= 15 is 0 Å². The van der Waals surface area contributed by atoms with Crippen molar-refractivity contribution in [3.05, 3.63) is 164 Å². The monoisotopic (exact) mass is 830 g/mol. The molecule has 4 aromatic rings. The minimum atomic E-state index is 0.150. The normalized spacial score (nSPS) is 20.2. The Labute approximate surface area is 352 Å². The van der Waals surface area contributed by atoms with Crippen molar-refractivity contribution in [2.75, 3.05) is 65.4 Å². The fourth-order valence-corrected chi connectivity index (χ4v) is 8.65. The zero-order chi connectivity index (χ0) is 39.5. The highest BCUT2D eigenvalue weighted by Crippen LogP contribution is 2.34. The van der Waals surface area contributed by atoms with Crippen molar-refractivity contribution in [1.29, 1.82) is 0 Å². The van der Waals surface area contributed by atoms with Gasteiger partial charge in [0.2, 0.25) is 0 Å². The summed E-state index contributed by atoms with van der Waals surface area (Å²) in [7, 11) is 0. The van der Waals surface area contributed by atoms with Crippen molar-refractivity contribution in [1.82, 2.24) is 31.1 Å². The molecule has 4 N–H and O–H groups in total. The van der Waals surface area contributed by atoms with E-state index in [1.165, 1.54) is 50.1 Å². The van der Waals surface area contributed by atoms with Crippen LogP contribution < -0.4 is 21.3 Å². The third-order valence-corrected chi connectivity index (χ3v) is 11.7. The van der Waals surface area contributed by atoms with Gasteiger partial charge >= 0.3 is 0 Å². The Morgan fingerprint density at radius 3 is 1.60 bits per heavy atom. The summed E-state index contributed by atoms with van der Waals surface area (Å²) in [4.78, 5) is 5.32. The highest BCUT2D eigenvalue weighted by Gasteiger charge is 2.19. The molecule has 4 aromatic carbocycles. The number of hydrogen-bond donors (Lipinski definition) is 4. The van der Waals surface area contributed by atoms with Crippen LogP contribution in [0.4, 0.5) is 0 Å². The Morgan fingerprint density at radius 1 is 0.579 bits per heavy atom. The summed E-state index contributed by atoms with van der Waals surface area (Å²) < 4.78 is 1.11. The highest BCUT2D eigenvalue weighted by atomic mass is 79.9. The molecule has 2 aliphatic heterocycles. The van der Waals surface area contributed by atoms with Crippen LogP contribution in [0.5, 0.6) is 0 Å². The lowest BCUT2D eigenvalue weighted by atomic mass is 9.84. The average Bonchev–Trinajstić information content (AvgIpc) is 3.21. The summed E-state index contributed by atoms with van der Waals surface area (Å²) in [5.74, 6) is 0.150. The van der Waals surface area contributed by atoms with Gasteiger partial charge in [0.1, 0.15) is 0 Å². The predicted octanol–water partition coefficient (Wildman–Crippen LogP) is 9.16. The van der Waals surface area contributed by atoms with Gasteiger partial charge in [-0.05, 0) is 148 Å². The van der Waals surface area contributed by atoms with E-state index in [2.05, 4.69) is 170 Å². The van der Waals surface area contributed by atoms with Gasteiger partial charge in [-0.3, -0.25) is 9.80 Å². The van der Waals surface area contributed by atoms with Crippen LogP contribution in [0, 0.1) is 0 Å². The van der Waals surface area contributed by atoms with Crippen LogP contribution in [0.3, 0.4) is 0 Å². The number of nitrogens with one attached hydrogen (secondary N) is 4. The van der Waals surface area contributed by atoms with E-state index < -0.39 is 0 Å². The Hall–Kier alpha value is -3.40. The summed E-state index contributed by atoms with van der Waals surface area (Å²) in [6.45, 7) is 18.6. The fourth-order valence-electron chi connectivity index (χ4n) is 8.39. The van der Waals surface area contributed by atoms with E-state index in [1.54, 1.807) is 0 Å². The highest BCUT2D eigenvalue weighted by molar-refractivity contribution is 9.10. The predicted molar refractivity (Wildman–Crippen MR) is 245 cm³/mol. The molecule has 1 atom stereocenters. The first kappa shape index (κ1) is 43.2. The van der Waals surface area contributed by atoms with Gasteiger partial charge in [-0.2, -0.15) is 0 Å². The van der Waals surface area contributed by atoms with E-state index in [-0.39, 0.29) is 5.92 Å². The molecule has 0 saturated carbocycles. The molecule has 1 unspecified atom stereocenters. The maximum Gasteiger partial charge on any atom is 0.0340 e. The number of fused-ring (bicyclic) bond motifs is 2. The molecule has 0 aromatic heterocycles. The van der Waals surface area contributed by atoms with Gasteiger partial charge in [-0.15, -0.1) is 0 Å². The van der Waals surface area contributed by atoms with E-state index in [0.717, 1.165) is 128 Å². The van der Waals surface area contributed by atoms with Gasteiger partial charge in [0.25, 0.3) is 0 Å². The molecule has 0 amide bonds. The second kappa shape index (κ2) is 23.9. The molecule has 0 fully saturated rings. The van der Waals surface area contributed by atoms with Crippen LogP contribution in [-0.2, 0) is 26.2 Å². The van der Waals surface area contributed by atoms with Crippen molar-refractivity contribution in [2.45, 2.75) is 78.0 Å². The first-order valence-electron chi connectivity index (χ1n) is 21.7. The van der Waals surface area contributed by atoms with Crippen LogP contribution in [-0.4, -0.2) is 75.2 Å². The van der Waals surface area contributed by atoms with E-state index in [4.69, 9.17) is 0 Å². The minimum Gasteiger partial charge on any atom is -0.313 e. The summed E-state index contributed by atoms with van der Waals surface area (Å²) >= 11 is 3.70. The summed E-state index contributed by atoms with van der Waals surface area (Å²) in [5.41, 5.74) is 12.4. The maximum absolute atomic E-state index is 3.72. The van der Waals surface area contributed by atoms with Crippen molar-refractivity contribution in [3.8, 4) is 0 Å². The first-order chi connectivity index (χ1) is 28.0. The molecule has 2 aliphatic rings. The molecule has 2 bridgehead atoms. The molecule has 7 heteroatoms. The molecule has 6 rings (SSSR count). The second-order valence-electron chi connectivity index (χ2n) is 16.1. The Kier molecular flexibility index (Phi) is 18.1. The number of nitrogens with zero attached hydrogens (tertiary/aromatic N) is 2. The zero-order valence-electron chi connectivity index (χ0n) is 34.7. The lowest BCUT2D eigenvalue weighted by Crippen LogP contribution is -2.31. The molecule has 0 spiro atoms. The molecule has 2 heterocycles. The quantitative estimate of drug-likeness (QED) is 0.133. The van der Waals surface area contributed by atoms with Crippen molar-refractivity contribution in [2.24, 2.45) is 0 Å². The van der Waals surface area contributed by atoms with Gasteiger partial charge in [0.15, 0.2) is 0 Å². The third kappa shape index (κ3) is 14.7. The molecule has 0 saturated heterocycles. The lowest BCUT2D eigenvalue weighted by molar-refractivity contribution is 0.256. The Morgan fingerprint density at radius 2 is 1.07 bits per heavy atom. The summed E-state index contributed by atoms with van der Waals surface area (Å²) in [6.07, 6.45) is 10.4. The maximum atomic E-state index is 3.72. The number of benzene rings is 4. The van der Waals surface area contributed by atoms with Crippen molar-refractivity contribution in [3.63, 3.8) is 0 Å². The fraction of sp³-hybridized carbons (Fsp3) is 0.440. The number of rotatable bonds is 8. The van der Waals surface area contributed by atoms with Gasteiger partial charge in [-0.25, -0.2) is 0 Å². The smallest absolute Gasteiger partial charge is 0.0340 e. The standard InChI is InChI=1S/C50H67BrN6/c1-3-11-41-30-40(2)34-52-22-7-26-56(27-8-23-53-35-41)38-44-14-5-16-47(32-44)50(46-18-20-49(51)21-19-46)48-17-6-15-45(33-48)39-57-28-9-24-54-36-42-12-4-13-43(31-42)37-55-25-10-29-57/h4-6,11-21,30-33,50,52-55H,3,7-10,22-29,34-39H2,1-2H3/b40-30+,41-11+. The Bertz CT molecular complexity index is 1820. The zero-order valence-corrected chi connectivity index (χ0v) is 36.3. The molecule has 304 valence electrons. The van der Waals surface area contributed by atoms with Crippen molar-refractivity contribution < 1.29 is 0 Å².